The minimum absolute atomic E-state index is 0.0616. The molecule has 0 heterocycles. The SMILES string of the molecule is CC(C)(C)C(CC(=O)O)NC(=O)CC(N)C1CC1. The second-order valence-electron chi connectivity index (χ2n) is 6.29. The van der Waals surface area contributed by atoms with Crippen LogP contribution in [0.1, 0.15) is 46.5 Å². The number of carbonyl (C=O) groups is 2. The van der Waals surface area contributed by atoms with Gasteiger partial charge in [-0.25, -0.2) is 0 Å². The molecule has 1 amide bonds. The van der Waals surface area contributed by atoms with E-state index in [0.29, 0.717) is 5.92 Å². The van der Waals surface area contributed by atoms with Crippen LogP contribution in [0.15, 0.2) is 0 Å². The fourth-order valence-corrected chi connectivity index (χ4v) is 1.91. The summed E-state index contributed by atoms with van der Waals surface area (Å²) in [5.41, 5.74) is 5.61. The van der Waals surface area contributed by atoms with Gasteiger partial charge in [0.15, 0.2) is 0 Å². The van der Waals surface area contributed by atoms with E-state index >= 15 is 0 Å². The van der Waals surface area contributed by atoms with Crippen molar-refractivity contribution in [1.29, 1.82) is 0 Å². The standard InChI is InChI=1S/C13H24N2O3/c1-13(2,3)10(7-12(17)18)15-11(16)6-9(14)8-4-5-8/h8-10H,4-7,14H2,1-3H3,(H,15,16)(H,17,18). The number of nitrogens with two attached hydrogens (primary N) is 1. The lowest BCUT2D eigenvalue weighted by Crippen LogP contribution is -2.46. The zero-order valence-corrected chi connectivity index (χ0v) is 11.4. The Balaban J connectivity index is 2.48. The fourth-order valence-electron chi connectivity index (χ4n) is 1.91. The van der Waals surface area contributed by atoms with E-state index in [4.69, 9.17) is 10.8 Å². The molecule has 5 heteroatoms. The van der Waals surface area contributed by atoms with Gasteiger partial charge in [-0.15, -0.1) is 0 Å². The van der Waals surface area contributed by atoms with E-state index in [2.05, 4.69) is 5.32 Å². The summed E-state index contributed by atoms with van der Waals surface area (Å²) in [5, 5.41) is 11.7. The summed E-state index contributed by atoms with van der Waals surface area (Å²) in [6.07, 6.45) is 2.43. The van der Waals surface area contributed by atoms with Crippen LogP contribution in [0, 0.1) is 11.3 Å². The number of carbonyl (C=O) groups excluding carboxylic acids is 1. The van der Waals surface area contributed by atoms with Gasteiger partial charge in [0.2, 0.25) is 5.91 Å². The first kappa shape index (κ1) is 15.0. The lowest BCUT2D eigenvalue weighted by molar-refractivity contribution is -0.138. The Morgan fingerprint density at radius 3 is 2.28 bits per heavy atom. The third kappa shape index (κ3) is 5.04. The van der Waals surface area contributed by atoms with Gasteiger partial charge in [0.05, 0.1) is 6.42 Å². The lowest BCUT2D eigenvalue weighted by Gasteiger charge is -2.30. The van der Waals surface area contributed by atoms with Gasteiger partial charge < -0.3 is 16.2 Å². The Kier molecular flexibility index (Phi) is 4.73. The molecule has 2 atom stereocenters. The highest BCUT2D eigenvalue weighted by Gasteiger charge is 2.32. The molecule has 0 spiro atoms. The van der Waals surface area contributed by atoms with Gasteiger partial charge in [0, 0.05) is 18.5 Å². The van der Waals surface area contributed by atoms with Crippen molar-refractivity contribution in [2.24, 2.45) is 17.1 Å². The summed E-state index contributed by atoms with van der Waals surface area (Å²) in [4.78, 5) is 22.6. The van der Waals surface area contributed by atoms with Crippen LogP contribution in [0.25, 0.3) is 0 Å². The Morgan fingerprint density at radius 2 is 1.89 bits per heavy atom. The molecule has 1 fully saturated rings. The number of hydrogen-bond donors (Lipinski definition) is 3. The third-order valence-electron chi connectivity index (χ3n) is 3.41. The average Bonchev–Trinajstić information content (AvgIpc) is 2.96. The minimum atomic E-state index is -0.901. The van der Waals surface area contributed by atoms with Crippen molar-refractivity contribution in [2.45, 2.75) is 58.5 Å². The number of rotatable bonds is 6. The number of hydrogen-bond acceptors (Lipinski definition) is 3. The molecule has 1 aliphatic carbocycles. The molecule has 0 bridgehead atoms. The van der Waals surface area contributed by atoms with Gasteiger partial charge in [-0.3, -0.25) is 9.59 Å². The molecular formula is C13H24N2O3. The van der Waals surface area contributed by atoms with E-state index in [-0.39, 0.29) is 36.2 Å². The number of nitrogens with one attached hydrogen (secondary N) is 1. The Bertz CT molecular complexity index is 319. The first-order valence-electron chi connectivity index (χ1n) is 6.47. The van der Waals surface area contributed by atoms with Crippen LogP contribution in [-0.4, -0.2) is 29.1 Å². The van der Waals surface area contributed by atoms with Crippen LogP contribution in [0.3, 0.4) is 0 Å². The number of aliphatic carboxylic acids is 1. The van der Waals surface area contributed by atoms with Crippen LogP contribution in [-0.2, 0) is 9.59 Å². The van der Waals surface area contributed by atoms with Crippen LogP contribution in [0.5, 0.6) is 0 Å². The molecule has 0 aromatic carbocycles. The summed E-state index contributed by atoms with van der Waals surface area (Å²) >= 11 is 0. The Morgan fingerprint density at radius 1 is 1.33 bits per heavy atom. The van der Waals surface area contributed by atoms with E-state index in [1.54, 1.807) is 0 Å². The summed E-state index contributed by atoms with van der Waals surface area (Å²) in [6, 6.07) is -0.454. The summed E-state index contributed by atoms with van der Waals surface area (Å²) in [7, 11) is 0. The second kappa shape index (κ2) is 5.69. The van der Waals surface area contributed by atoms with Crippen LogP contribution >= 0.6 is 0 Å². The second-order valence-corrected chi connectivity index (χ2v) is 6.29. The van der Waals surface area contributed by atoms with Crippen molar-refractivity contribution >= 4 is 11.9 Å². The van der Waals surface area contributed by atoms with E-state index in [1.165, 1.54) is 0 Å². The molecule has 0 aliphatic heterocycles. The van der Waals surface area contributed by atoms with Crippen molar-refractivity contribution in [3.63, 3.8) is 0 Å². The highest BCUT2D eigenvalue weighted by atomic mass is 16.4. The summed E-state index contributed by atoms with van der Waals surface area (Å²) in [5.74, 6) is -0.569. The maximum absolute atomic E-state index is 11.8. The fraction of sp³-hybridized carbons (Fsp3) is 0.846. The molecule has 1 aliphatic rings. The number of amides is 1. The molecule has 0 radical (unpaired) electrons. The van der Waals surface area contributed by atoms with Gasteiger partial charge in [0.25, 0.3) is 0 Å². The maximum Gasteiger partial charge on any atom is 0.305 e. The summed E-state index contributed by atoms with van der Waals surface area (Å²) in [6.45, 7) is 5.76. The summed E-state index contributed by atoms with van der Waals surface area (Å²) < 4.78 is 0. The van der Waals surface area contributed by atoms with E-state index in [0.717, 1.165) is 12.8 Å². The van der Waals surface area contributed by atoms with Crippen molar-refractivity contribution in [3.8, 4) is 0 Å². The zero-order valence-electron chi connectivity index (χ0n) is 11.4. The molecule has 18 heavy (non-hydrogen) atoms. The monoisotopic (exact) mass is 256 g/mol. The molecule has 0 saturated heterocycles. The minimum Gasteiger partial charge on any atom is -0.481 e. The predicted molar refractivity (Wildman–Crippen MR) is 69.0 cm³/mol. The zero-order chi connectivity index (χ0) is 13.9. The number of carboxylic acid groups (broad SMARTS) is 1. The topological polar surface area (TPSA) is 92.4 Å². The first-order valence-corrected chi connectivity index (χ1v) is 6.47. The lowest BCUT2D eigenvalue weighted by atomic mass is 9.84. The molecule has 2 unspecified atom stereocenters. The van der Waals surface area contributed by atoms with Crippen molar-refractivity contribution in [3.05, 3.63) is 0 Å². The molecule has 0 aromatic rings. The molecular weight excluding hydrogens is 232 g/mol. The van der Waals surface area contributed by atoms with Gasteiger partial charge in [-0.1, -0.05) is 20.8 Å². The Hall–Kier alpha value is -1.10. The first-order chi connectivity index (χ1) is 8.20. The van der Waals surface area contributed by atoms with E-state index in [9.17, 15) is 9.59 Å². The van der Waals surface area contributed by atoms with Crippen molar-refractivity contribution in [2.75, 3.05) is 0 Å². The molecule has 104 valence electrons. The van der Waals surface area contributed by atoms with Crippen LogP contribution in [0.4, 0.5) is 0 Å². The molecule has 4 N–H and O–H groups in total. The largest absolute Gasteiger partial charge is 0.481 e. The van der Waals surface area contributed by atoms with Crippen molar-refractivity contribution < 1.29 is 14.7 Å². The van der Waals surface area contributed by atoms with Crippen LogP contribution in [0.2, 0.25) is 0 Å². The molecule has 1 saturated carbocycles. The van der Waals surface area contributed by atoms with Gasteiger partial charge >= 0.3 is 5.97 Å². The normalized spacial score (nSPS) is 19.1. The van der Waals surface area contributed by atoms with Gasteiger partial charge in [0.1, 0.15) is 0 Å². The molecule has 0 aromatic heterocycles. The smallest absolute Gasteiger partial charge is 0.305 e. The van der Waals surface area contributed by atoms with E-state index in [1.807, 2.05) is 20.8 Å². The highest BCUT2D eigenvalue weighted by Crippen LogP contribution is 2.32. The average molecular weight is 256 g/mol. The van der Waals surface area contributed by atoms with Crippen LogP contribution < -0.4 is 11.1 Å². The molecule has 1 rings (SSSR count). The maximum atomic E-state index is 11.8. The number of carboxylic acids is 1. The highest BCUT2D eigenvalue weighted by molar-refractivity contribution is 5.78. The van der Waals surface area contributed by atoms with Gasteiger partial charge in [-0.05, 0) is 24.2 Å². The third-order valence-corrected chi connectivity index (χ3v) is 3.41. The van der Waals surface area contributed by atoms with E-state index < -0.39 is 5.97 Å². The Labute approximate surface area is 108 Å². The predicted octanol–water partition coefficient (Wildman–Crippen LogP) is 1.12. The van der Waals surface area contributed by atoms with Gasteiger partial charge in [-0.2, -0.15) is 0 Å². The molecule has 5 nitrogen and oxygen atoms in total. The van der Waals surface area contributed by atoms with Crippen molar-refractivity contribution in [1.82, 2.24) is 5.32 Å². The quantitative estimate of drug-likeness (QED) is 0.664.